The summed E-state index contributed by atoms with van der Waals surface area (Å²) in [6.45, 7) is 2.31. The van der Waals surface area contributed by atoms with Gasteiger partial charge in [0.25, 0.3) is 0 Å². The maximum absolute atomic E-state index is 10.6. The van der Waals surface area contributed by atoms with Crippen LogP contribution in [0.2, 0.25) is 0 Å². The van der Waals surface area contributed by atoms with E-state index in [0.29, 0.717) is 6.54 Å². The molecule has 0 saturated carbocycles. The topological polar surface area (TPSA) is 61.4 Å². The number of nitrogens with zero attached hydrogens (tertiary/aromatic N) is 2. The summed E-state index contributed by atoms with van der Waals surface area (Å²) in [6.07, 6.45) is 3.72. The number of nitrogens with one attached hydrogen (secondary N) is 1. The average molecular weight is 373 g/mol. The van der Waals surface area contributed by atoms with E-state index < -0.39 is 6.10 Å². The quantitative estimate of drug-likeness (QED) is 0.572. The molecule has 1 aliphatic heterocycles. The van der Waals surface area contributed by atoms with Gasteiger partial charge >= 0.3 is 0 Å². The molecule has 5 heteroatoms. The largest absolute Gasteiger partial charge is 0.488 e. The van der Waals surface area contributed by atoms with E-state index in [0.717, 1.165) is 41.5 Å². The highest BCUT2D eigenvalue weighted by molar-refractivity contribution is 5.82. The van der Waals surface area contributed by atoms with Crippen molar-refractivity contribution >= 4 is 21.7 Å². The van der Waals surface area contributed by atoms with Gasteiger partial charge in [-0.15, -0.1) is 0 Å². The van der Waals surface area contributed by atoms with Gasteiger partial charge in [0.1, 0.15) is 18.0 Å². The number of rotatable bonds is 4. The fraction of sp³-hybridized carbons (Fsp3) is 0.261. The number of piperidine rings is 1. The monoisotopic (exact) mass is 373 g/mol. The van der Waals surface area contributed by atoms with Crippen molar-refractivity contribution in [2.24, 2.45) is 0 Å². The number of aromatic nitrogens is 2. The Kier molecular flexibility index (Phi) is 4.47. The van der Waals surface area contributed by atoms with Crippen LogP contribution in [0.3, 0.4) is 0 Å². The van der Waals surface area contributed by atoms with Gasteiger partial charge in [0.2, 0.25) is 0 Å². The smallest absolute Gasteiger partial charge is 0.127 e. The van der Waals surface area contributed by atoms with E-state index in [1.807, 2.05) is 36.5 Å². The van der Waals surface area contributed by atoms with Crippen LogP contribution < -0.4 is 4.74 Å². The van der Waals surface area contributed by atoms with Gasteiger partial charge in [-0.05, 0) is 47.5 Å². The number of hydrogen-bond acceptors (Lipinski definition) is 4. The summed E-state index contributed by atoms with van der Waals surface area (Å²) >= 11 is 0. The highest BCUT2D eigenvalue weighted by Crippen LogP contribution is 2.25. The summed E-state index contributed by atoms with van der Waals surface area (Å²) in [7, 11) is 0. The molecule has 4 aromatic rings. The van der Waals surface area contributed by atoms with Gasteiger partial charge < -0.3 is 14.8 Å². The molecule has 0 amide bonds. The van der Waals surface area contributed by atoms with E-state index in [4.69, 9.17) is 4.74 Å². The van der Waals surface area contributed by atoms with Gasteiger partial charge in [-0.1, -0.05) is 24.3 Å². The number of aliphatic hydroxyl groups excluding tert-OH is 1. The number of pyridine rings is 1. The van der Waals surface area contributed by atoms with Crippen LogP contribution in [0.5, 0.6) is 5.75 Å². The van der Waals surface area contributed by atoms with E-state index in [2.05, 4.69) is 39.1 Å². The minimum Gasteiger partial charge on any atom is -0.488 e. The summed E-state index contributed by atoms with van der Waals surface area (Å²) in [6, 6.07) is 18.5. The second-order valence-electron chi connectivity index (χ2n) is 7.51. The molecule has 142 valence electrons. The number of aliphatic hydroxyl groups is 1. The van der Waals surface area contributed by atoms with E-state index in [9.17, 15) is 5.11 Å². The lowest BCUT2D eigenvalue weighted by Crippen LogP contribution is -2.48. The van der Waals surface area contributed by atoms with Crippen molar-refractivity contribution in [3.8, 4) is 5.75 Å². The van der Waals surface area contributed by atoms with E-state index in [1.54, 1.807) is 6.20 Å². The summed E-state index contributed by atoms with van der Waals surface area (Å²) in [4.78, 5) is 9.91. The second kappa shape index (κ2) is 7.26. The first kappa shape index (κ1) is 17.2. The van der Waals surface area contributed by atoms with Crippen LogP contribution in [0.1, 0.15) is 12.1 Å². The Morgan fingerprint density at radius 3 is 2.89 bits per heavy atom. The van der Waals surface area contributed by atoms with E-state index in [-0.39, 0.29) is 6.10 Å². The number of para-hydroxylation sites is 1. The van der Waals surface area contributed by atoms with Crippen LogP contribution in [0.15, 0.2) is 67.0 Å². The molecule has 0 radical (unpaired) electrons. The van der Waals surface area contributed by atoms with E-state index in [1.165, 1.54) is 11.1 Å². The molecule has 1 saturated heterocycles. The molecule has 3 heterocycles. The Hall–Kier alpha value is -2.89. The lowest BCUT2D eigenvalue weighted by atomic mass is 10.0. The predicted molar refractivity (Wildman–Crippen MR) is 110 cm³/mol. The number of ether oxygens (including phenoxy) is 1. The van der Waals surface area contributed by atoms with Crippen molar-refractivity contribution in [3.63, 3.8) is 0 Å². The first-order chi connectivity index (χ1) is 13.7. The molecule has 2 aromatic heterocycles. The van der Waals surface area contributed by atoms with Crippen LogP contribution >= 0.6 is 0 Å². The molecule has 2 atom stereocenters. The van der Waals surface area contributed by atoms with Gasteiger partial charge in [0.15, 0.2) is 0 Å². The van der Waals surface area contributed by atoms with Gasteiger partial charge in [0, 0.05) is 48.6 Å². The number of likely N-dealkylation sites (tertiary alicyclic amines) is 1. The van der Waals surface area contributed by atoms with Crippen molar-refractivity contribution < 1.29 is 9.84 Å². The van der Waals surface area contributed by atoms with Crippen LogP contribution in [0.25, 0.3) is 21.7 Å². The molecule has 5 nitrogen and oxygen atoms in total. The molecular weight excluding hydrogens is 350 g/mol. The van der Waals surface area contributed by atoms with Gasteiger partial charge in [-0.2, -0.15) is 0 Å². The Labute approximate surface area is 163 Å². The third-order valence-corrected chi connectivity index (χ3v) is 5.48. The summed E-state index contributed by atoms with van der Waals surface area (Å²) in [5.41, 5.74) is 2.33. The Morgan fingerprint density at radius 1 is 1.07 bits per heavy atom. The zero-order valence-corrected chi connectivity index (χ0v) is 15.6. The summed E-state index contributed by atoms with van der Waals surface area (Å²) < 4.78 is 6.11. The van der Waals surface area contributed by atoms with Crippen molar-refractivity contribution in [3.05, 3.63) is 72.7 Å². The first-order valence-electron chi connectivity index (χ1n) is 9.72. The SMILES string of the molecule is O[C@@H]1CN(Cc2cc3ccccc3[nH]2)CC[C@H]1Oc1ccc2ccncc2c1. The highest BCUT2D eigenvalue weighted by Gasteiger charge is 2.29. The number of H-pyrrole nitrogens is 1. The molecule has 28 heavy (non-hydrogen) atoms. The molecule has 2 aromatic carbocycles. The van der Waals surface area contributed by atoms with Gasteiger partial charge in [-0.25, -0.2) is 0 Å². The van der Waals surface area contributed by atoms with Crippen LogP contribution in [0.4, 0.5) is 0 Å². The van der Waals surface area contributed by atoms with Crippen LogP contribution in [-0.4, -0.2) is 45.3 Å². The molecule has 2 N–H and O–H groups in total. The standard InChI is InChI=1S/C23H23N3O2/c27-22-15-26(14-19-11-17-3-1-2-4-21(17)25-19)10-8-23(22)28-20-6-5-16-7-9-24-13-18(16)12-20/h1-7,9,11-13,22-23,25,27H,8,10,14-15H2/t22-,23-/m1/s1. The normalized spacial score (nSPS) is 20.6. The van der Waals surface area contributed by atoms with Crippen molar-refractivity contribution in [2.75, 3.05) is 13.1 Å². The molecule has 1 fully saturated rings. The van der Waals surface area contributed by atoms with E-state index >= 15 is 0 Å². The maximum atomic E-state index is 10.6. The number of aromatic amines is 1. The lowest BCUT2D eigenvalue weighted by Gasteiger charge is -2.35. The first-order valence-corrected chi connectivity index (χ1v) is 9.72. The van der Waals surface area contributed by atoms with Crippen molar-refractivity contribution in [1.29, 1.82) is 0 Å². The maximum Gasteiger partial charge on any atom is 0.127 e. The third kappa shape index (κ3) is 3.46. The summed E-state index contributed by atoms with van der Waals surface area (Å²) in [5, 5.41) is 14.0. The van der Waals surface area contributed by atoms with Gasteiger partial charge in [-0.3, -0.25) is 9.88 Å². The zero-order valence-electron chi connectivity index (χ0n) is 15.6. The van der Waals surface area contributed by atoms with Crippen molar-refractivity contribution in [2.45, 2.75) is 25.2 Å². The predicted octanol–water partition coefficient (Wildman–Crippen LogP) is 3.73. The Balaban J connectivity index is 1.23. The molecule has 1 aliphatic rings. The Morgan fingerprint density at radius 2 is 2.00 bits per heavy atom. The average Bonchev–Trinajstić information content (AvgIpc) is 3.12. The minimum atomic E-state index is -0.511. The lowest BCUT2D eigenvalue weighted by molar-refractivity contribution is -0.0276. The Bertz CT molecular complexity index is 1070. The van der Waals surface area contributed by atoms with Crippen molar-refractivity contribution in [1.82, 2.24) is 14.9 Å². The van der Waals surface area contributed by atoms with Crippen LogP contribution in [0, 0.1) is 0 Å². The molecule has 5 rings (SSSR count). The van der Waals surface area contributed by atoms with Crippen LogP contribution in [-0.2, 0) is 6.54 Å². The molecule has 0 spiro atoms. The highest BCUT2D eigenvalue weighted by atomic mass is 16.5. The zero-order chi connectivity index (χ0) is 18.9. The second-order valence-corrected chi connectivity index (χ2v) is 7.51. The fourth-order valence-corrected chi connectivity index (χ4v) is 4.03. The number of β-amino-alcohol motifs (C(OH)–C–C–N with tert-alkyl or cyclic N) is 1. The molecule has 0 bridgehead atoms. The molecule has 0 unspecified atom stereocenters. The molecular formula is C23H23N3O2. The number of hydrogen-bond donors (Lipinski definition) is 2. The number of benzene rings is 2. The fourth-order valence-electron chi connectivity index (χ4n) is 4.03. The van der Waals surface area contributed by atoms with Gasteiger partial charge in [0.05, 0.1) is 0 Å². The third-order valence-electron chi connectivity index (χ3n) is 5.48. The molecule has 0 aliphatic carbocycles. The summed E-state index contributed by atoms with van der Waals surface area (Å²) in [5.74, 6) is 0.786. The number of fused-ring (bicyclic) bond motifs is 2. The minimum absolute atomic E-state index is 0.187.